The Balaban J connectivity index is 2.39. The van der Waals surface area contributed by atoms with Crippen LogP contribution < -0.4 is 4.74 Å². The van der Waals surface area contributed by atoms with Crippen LogP contribution in [-0.2, 0) is 0 Å². The molecule has 2 rings (SSSR count). The van der Waals surface area contributed by atoms with E-state index in [4.69, 9.17) is 27.9 Å². The fraction of sp³-hybridized carbons (Fsp3) is 0.0625. The normalized spacial score (nSPS) is 10.1. The number of carbonyl (C=O) groups excluding carboxylic acids is 1. The van der Waals surface area contributed by atoms with Crippen LogP contribution in [0.3, 0.4) is 0 Å². The Morgan fingerprint density at radius 2 is 1.85 bits per heavy atom. The highest BCUT2D eigenvalue weighted by atomic mass is 35.5. The molecule has 0 heterocycles. The number of ketones is 1. The van der Waals surface area contributed by atoms with Gasteiger partial charge in [0.1, 0.15) is 17.4 Å². The third kappa shape index (κ3) is 3.21. The van der Waals surface area contributed by atoms with Crippen LogP contribution in [-0.4, -0.2) is 12.4 Å². The number of hydrogen-bond donors (Lipinski definition) is 0. The molecule has 0 N–H and O–H groups in total. The Kier molecular flexibility index (Phi) is 4.83. The molecule has 0 saturated heterocycles. The van der Waals surface area contributed by atoms with Gasteiger partial charge in [-0.25, -0.2) is 0 Å². The van der Waals surface area contributed by atoms with Gasteiger partial charge in [-0.1, -0.05) is 66.2 Å². The summed E-state index contributed by atoms with van der Waals surface area (Å²) < 4.78 is 5.41. The smallest absolute Gasteiger partial charge is 0.193 e. The van der Waals surface area contributed by atoms with Crippen LogP contribution in [0.5, 0.6) is 5.75 Å². The predicted octanol–water partition coefficient (Wildman–Crippen LogP) is 4.79. The summed E-state index contributed by atoms with van der Waals surface area (Å²) in [6, 6.07) is 12.1. The zero-order valence-electron chi connectivity index (χ0n) is 10.6. The molecule has 0 aromatic heterocycles. The van der Waals surface area contributed by atoms with Gasteiger partial charge in [-0.05, 0) is 12.1 Å². The van der Waals surface area contributed by atoms with Crippen molar-refractivity contribution < 1.29 is 9.53 Å². The van der Waals surface area contributed by atoms with Crippen LogP contribution in [0.1, 0.15) is 15.9 Å². The highest BCUT2D eigenvalue weighted by Crippen LogP contribution is 2.34. The maximum Gasteiger partial charge on any atom is 0.193 e. The lowest BCUT2D eigenvalue weighted by Crippen LogP contribution is -2.03. The van der Waals surface area contributed by atoms with Gasteiger partial charge in [-0.2, -0.15) is 0 Å². The summed E-state index contributed by atoms with van der Waals surface area (Å²) in [6.07, 6.45) is 1.59. The minimum absolute atomic E-state index is 0.132. The Hall–Kier alpha value is -1.77. The van der Waals surface area contributed by atoms with Crippen molar-refractivity contribution in [1.29, 1.82) is 0 Å². The summed E-state index contributed by atoms with van der Waals surface area (Å²) in [6.45, 7) is 3.86. The number of halogens is 2. The summed E-state index contributed by atoms with van der Waals surface area (Å²) in [5.41, 5.74) is 1.02. The van der Waals surface area contributed by atoms with Crippen LogP contribution in [0, 0.1) is 0 Å². The average molecular weight is 307 g/mol. The van der Waals surface area contributed by atoms with E-state index in [1.807, 2.05) is 6.07 Å². The topological polar surface area (TPSA) is 26.3 Å². The minimum Gasteiger partial charge on any atom is -0.488 e. The Bertz CT molecular complexity index is 636. The van der Waals surface area contributed by atoms with Crippen LogP contribution in [0.15, 0.2) is 55.1 Å². The van der Waals surface area contributed by atoms with Crippen molar-refractivity contribution >= 4 is 29.0 Å². The summed E-state index contributed by atoms with van der Waals surface area (Å²) in [5, 5.41) is 0.575. The summed E-state index contributed by atoms with van der Waals surface area (Å²) in [4.78, 5) is 12.4. The van der Waals surface area contributed by atoms with Gasteiger partial charge >= 0.3 is 0 Å². The van der Waals surface area contributed by atoms with Crippen molar-refractivity contribution in [2.24, 2.45) is 0 Å². The van der Waals surface area contributed by atoms with Crippen molar-refractivity contribution in [2.45, 2.75) is 0 Å². The second-order valence-electron chi connectivity index (χ2n) is 4.07. The third-order valence-electron chi connectivity index (χ3n) is 2.65. The Labute approximate surface area is 127 Å². The van der Waals surface area contributed by atoms with E-state index in [2.05, 4.69) is 6.58 Å². The van der Waals surface area contributed by atoms with Crippen molar-refractivity contribution in [2.75, 3.05) is 6.61 Å². The van der Waals surface area contributed by atoms with E-state index in [0.29, 0.717) is 23.5 Å². The van der Waals surface area contributed by atoms with Gasteiger partial charge < -0.3 is 4.74 Å². The molecule has 0 aliphatic rings. The quantitative estimate of drug-likeness (QED) is 0.586. The first kappa shape index (κ1) is 14.6. The molecule has 0 fully saturated rings. The fourth-order valence-electron chi connectivity index (χ4n) is 1.70. The molecule has 0 unspecified atom stereocenters. The molecule has 0 aliphatic carbocycles. The number of carbonyl (C=O) groups is 1. The molecule has 4 heteroatoms. The molecule has 0 amide bonds. The molecule has 0 saturated carbocycles. The number of ether oxygens (including phenoxy) is 1. The molecule has 0 aliphatic heterocycles. The van der Waals surface area contributed by atoms with Gasteiger partial charge in [0, 0.05) is 11.1 Å². The fourth-order valence-corrected chi connectivity index (χ4v) is 2.08. The zero-order valence-corrected chi connectivity index (χ0v) is 12.1. The van der Waals surface area contributed by atoms with E-state index in [1.165, 1.54) is 0 Å². The molecule has 0 bridgehead atoms. The third-order valence-corrected chi connectivity index (χ3v) is 3.43. The number of benzene rings is 2. The predicted molar refractivity (Wildman–Crippen MR) is 82.0 cm³/mol. The molecule has 0 spiro atoms. The largest absolute Gasteiger partial charge is 0.488 e. The lowest BCUT2D eigenvalue weighted by atomic mass is 10.0. The van der Waals surface area contributed by atoms with Gasteiger partial charge in [0.15, 0.2) is 5.78 Å². The van der Waals surface area contributed by atoms with E-state index in [9.17, 15) is 4.79 Å². The van der Waals surface area contributed by atoms with Crippen molar-refractivity contribution in [1.82, 2.24) is 0 Å². The van der Waals surface area contributed by atoms with E-state index >= 15 is 0 Å². The van der Waals surface area contributed by atoms with Gasteiger partial charge in [0.2, 0.25) is 0 Å². The standard InChI is InChI=1S/C16H12Cl2O2/c1-2-8-20-14-10-12(9-13(17)15(14)18)16(19)11-6-4-3-5-7-11/h2-7,9-10H,1,8H2. The van der Waals surface area contributed by atoms with Crippen molar-refractivity contribution in [3.8, 4) is 5.75 Å². The lowest BCUT2D eigenvalue weighted by Gasteiger charge is -2.10. The number of hydrogen-bond acceptors (Lipinski definition) is 2. The summed E-state index contributed by atoms with van der Waals surface area (Å²) in [5.74, 6) is 0.242. The second-order valence-corrected chi connectivity index (χ2v) is 4.85. The Morgan fingerprint density at radius 1 is 1.15 bits per heavy atom. The van der Waals surface area contributed by atoms with Gasteiger partial charge in [-0.15, -0.1) is 0 Å². The zero-order chi connectivity index (χ0) is 14.5. The van der Waals surface area contributed by atoms with E-state index in [0.717, 1.165) is 0 Å². The van der Waals surface area contributed by atoms with Crippen LogP contribution in [0.4, 0.5) is 0 Å². The molecule has 2 aromatic carbocycles. The van der Waals surface area contributed by atoms with Crippen LogP contribution in [0.25, 0.3) is 0 Å². The highest BCUT2D eigenvalue weighted by molar-refractivity contribution is 6.43. The average Bonchev–Trinajstić information content (AvgIpc) is 2.48. The molecular weight excluding hydrogens is 295 g/mol. The van der Waals surface area contributed by atoms with Crippen molar-refractivity contribution in [3.05, 3.63) is 76.3 Å². The van der Waals surface area contributed by atoms with E-state index < -0.39 is 0 Å². The summed E-state index contributed by atoms with van der Waals surface area (Å²) >= 11 is 12.1. The monoisotopic (exact) mass is 306 g/mol. The van der Waals surface area contributed by atoms with E-state index in [-0.39, 0.29) is 15.8 Å². The van der Waals surface area contributed by atoms with Crippen molar-refractivity contribution in [3.63, 3.8) is 0 Å². The van der Waals surface area contributed by atoms with Gasteiger partial charge in [0.25, 0.3) is 0 Å². The number of rotatable bonds is 5. The Morgan fingerprint density at radius 3 is 2.50 bits per heavy atom. The van der Waals surface area contributed by atoms with Gasteiger partial charge in [-0.3, -0.25) is 4.79 Å². The first-order valence-electron chi connectivity index (χ1n) is 5.96. The molecule has 2 aromatic rings. The maximum absolute atomic E-state index is 12.4. The molecule has 102 valence electrons. The van der Waals surface area contributed by atoms with Gasteiger partial charge in [0.05, 0.1) is 5.02 Å². The molecule has 0 atom stereocenters. The summed E-state index contributed by atoms with van der Waals surface area (Å²) in [7, 11) is 0. The lowest BCUT2D eigenvalue weighted by molar-refractivity contribution is 0.103. The maximum atomic E-state index is 12.4. The molecular formula is C16H12Cl2O2. The first-order chi connectivity index (χ1) is 9.63. The van der Waals surface area contributed by atoms with Crippen LogP contribution in [0.2, 0.25) is 10.0 Å². The molecule has 20 heavy (non-hydrogen) atoms. The van der Waals surface area contributed by atoms with E-state index in [1.54, 1.807) is 42.5 Å². The first-order valence-corrected chi connectivity index (χ1v) is 6.71. The molecule has 0 radical (unpaired) electrons. The molecule has 2 nitrogen and oxygen atoms in total. The highest BCUT2D eigenvalue weighted by Gasteiger charge is 2.15. The SMILES string of the molecule is C=CCOc1cc(C(=O)c2ccccc2)cc(Cl)c1Cl. The van der Waals surface area contributed by atoms with Crippen LogP contribution >= 0.6 is 23.2 Å². The minimum atomic E-state index is -0.132. The second kappa shape index (κ2) is 6.60.